The highest BCUT2D eigenvalue weighted by Crippen LogP contribution is 2.29. The molecular formula is C24H26Cl4N2O3. The molecule has 1 atom stereocenters. The Bertz CT molecular complexity index is 975. The first-order valence-corrected chi connectivity index (χ1v) is 12.4. The number of rotatable bonds is 9. The molecule has 0 heterocycles. The molecule has 178 valence electrons. The standard InChI is InChI=1S/C24H26Cl4N2O3/c1-2-21(24(32)29-16-6-3-4-7-16)30(13-17-18(26)8-5-9-19(17)27)23(31)14-33-22-11-10-15(25)12-20(22)28/h5,8-12,16,21H,2-4,6-7,13-14H2,1H3,(H,29,32)/t21-/m0/s1. The first-order valence-electron chi connectivity index (χ1n) is 10.9. The van der Waals surface area contributed by atoms with Crippen molar-refractivity contribution in [1.82, 2.24) is 10.2 Å². The highest BCUT2D eigenvalue weighted by molar-refractivity contribution is 6.36. The van der Waals surface area contributed by atoms with Crippen LogP contribution in [0.25, 0.3) is 0 Å². The van der Waals surface area contributed by atoms with Crippen molar-refractivity contribution in [2.45, 2.75) is 57.7 Å². The number of nitrogens with zero attached hydrogens (tertiary/aromatic N) is 1. The van der Waals surface area contributed by atoms with Crippen LogP contribution in [0.4, 0.5) is 0 Å². The lowest BCUT2D eigenvalue weighted by molar-refractivity contribution is -0.143. The van der Waals surface area contributed by atoms with Gasteiger partial charge in [-0.1, -0.05) is 72.2 Å². The number of hydrogen-bond acceptors (Lipinski definition) is 3. The van der Waals surface area contributed by atoms with Gasteiger partial charge in [-0.05, 0) is 49.6 Å². The van der Waals surface area contributed by atoms with E-state index in [0.717, 1.165) is 25.7 Å². The number of benzene rings is 2. The monoisotopic (exact) mass is 530 g/mol. The topological polar surface area (TPSA) is 58.6 Å². The zero-order valence-electron chi connectivity index (χ0n) is 18.3. The van der Waals surface area contributed by atoms with Crippen LogP contribution in [0.3, 0.4) is 0 Å². The van der Waals surface area contributed by atoms with E-state index in [4.69, 9.17) is 51.1 Å². The minimum atomic E-state index is -0.699. The van der Waals surface area contributed by atoms with Gasteiger partial charge in [0, 0.05) is 33.2 Å². The number of carbonyl (C=O) groups is 2. The minimum Gasteiger partial charge on any atom is -0.482 e. The van der Waals surface area contributed by atoms with Crippen molar-refractivity contribution in [3.63, 3.8) is 0 Å². The smallest absolute Gasteiger partial charge is 0.261 e. The first kappa shape index (κ1) is 26.0. The van der Waals surface area contributed by atoms with Crippen LogP contribution in [-0.2, 0) is 16.1 Å². The van der Waals surface area contributed by atoms with Crippen LogP contribution in [0, 0.1) is 0 Å². The van der Waals surface area contributed by atoms with Gasteiger partial charge < -0.3 is 15.0 Å². The molecule has 33 heavy (non-hydrogen) atoms. The first-order chi connectivity index (χ1) is 15.8. The second kappa shape index (κ2) is 12.2. The number of amides is 2. The Kier molecular flexibility index (Phi) is 9.57. The Morgan fingerprint density at radius 3 is 2.33 bits per heavy atom. The molecule has 0 spiro atoms. The fourth-order valence-electron chi connectivity index (χ4n) is 3.96. The van der Waals surface area contributed by atoms with Crippen LogP contribution in [0.1, 0.15) is 44.6 Å². The minimum absolute atomic E-state index is 0.0750. The Morgan fingerprint density at radius 2 is 1.73 bits per heavy atom. The molecular weight excluding hydrogens is 506 g/mol. The number of carbonyl (C=O) groups excluding carboxylic acids is 2. The molecule has 1 N–H and O–H groups in total. The summed E-state index contributed by atoms with van der Waals surface area (Å²) >= 11 is 24.8. The Labute approximate surface area is 214 Å². The average molecular weight is 532 g/mol. The molecule has 2 aromatic rings. The summed E-state index contributed by atoms with van der Waals surface area (Å²) in [6.07, 6.45) is 4.51. The van der Waals surface area contributed by atoms with Gasteiger partial charge in [0.15, 0.2) is 6.61 Å². The van der Waals surface area contributed by atoms with E-state index in [2.05, 4.69) is 5.32 Å². The summed E-state index contributed by atoms with van der Waals surface area (Å²) in [5.41, 5.74) is 0.575. The predicted octanol–water partition coefficient (Wildman–Crippen LogP) is 6.55. The summed E-state index contributed by atoms with van der Waals surface area (Å²) in [6, 6.07) is 9.33. The summed E-state index contributed by atoms with van der Waals surface area (Å²) in [4.78, 5) is 28.0. The third-order valence-electron chi connectivity index (χ3n) is 5.72. The second-order valence-electron chi connectivity index (χ2n) is 8.00. The maximum Gasteiger partial charge on any atom is 0.261 e. The highest BCUT2D eigenvalue weighted by Gasteiger charge is 2.31. The summed E-state index contributed by atoms with van der Waals surface area (Å²) in [5, 5.41) is 4.70. The van der Waals surface area contributed by atoms with Crippen LogP contribution < -0.4 is 10.1 Å². The van der Waals surface area contributed by atoms with Gasteiger partial charge in [0.05, 0.1) is 5.02 Å². The molecule has 0 aromatic heterocycles. The van der Waals surface area contributed by atoms with Gasteiger partial charge in [0.2, 0.25) is 5.91 Å². The van der Waals surface area contributed by atoms with E-state index in [1.165, 1.54) is 11.0 Å². The number of ether oxygens (including phenoxy) is 1. The Hall–Kier alpha value is -1.66. The van der Waals surface area contributed by atoms with E-state index in [0.29, 0.717) is 37.8 Å². The molecule has 3 rings (SSSR count). The maximum absolute atomic E-state index is 13.3. The third-order valence-corrected chi connectivity index (χ3v) is 6.96. The molecule has 1 aliphatic rings. The molecule has 5 nitrogen and oxygen atoms in total. The van der Waals surface area contributed by atoms with E-state index in [9.17, 15) is 9.59 Å². The van der Waals surface area contributed by atoms with E-state index in [1.807, 2.05) is 6.92 Å². The lowest BCUT2D eigenvalue weighted by atomic mass is 10.1. The zero-order valence-corrected chi connectivity index (χ0v) is 21.3. The van der Waals surface area contributed by atoms with Gasteiger partial charge in [0.1, 0.15) is 11.8 Å². The van der Waals surface area contributed by atoms with Crippen LogP contribution in [0.2, 0.25) is 20.1 Å². The van der Waals surface area contributed by atoms with E-state index < -0.39 is 6.04 Å². The van der Waals surface area contributed by atoms with Crippen LogP contribution in [0.15, 0.2) is 36.4 Å². The summed E-state index contributed by atoms with van der Waals surface area (Å²) < 4.78 is 5.66. The molecule has 0 radical (unpaired) electrons. The Balaban J connectivity index is 1.82. The SMILES string of the molecule is CC[C@@H](C(=O)NC1CCCC1)N(Cc1c(Cl)cccc1Cl)C(=O)COc1ccc(Cl)cc1Cl. The van der Waals surface area contributed by atoms with Crippen LogP contribution >= 0.6 is 46.4 Å². The molecule has 2 amide bonds. The summed E-state index contributed by atoms with van der Waals surface area (Å²) in [5.74, 6) is -0.246. The van der Waals surface area contributed by atoms with Crippen molar-refractivity contribution < 1.29 is 14.3 Å². The predicted molar refractivity (Wildman–Crippen MR) is 133 cm³/mol. The maximum atomic E-state index is 13.3. The van der Waals surface area contributed by atoms with E-state index in [-0.39, 0.29) is 31.0 Å². The van der Waals surface area contributed by atoms with Crippen LogP contribution in [-0.4, -0.2) is 35.4 Å². The number of halogens is 4. The molecule has 2 aromatic carbocycles. The summed E-state index contributed by atoms with van der Waals surface area (Å²) in [6.45, 7) is 1.63. The molecule has 0 unspecified atom stereocenters. The molecule has 9 heteroatoms. The molecule has 1 aliphatic carbocycles. The van der Waals surface area contributed by atoms with Gasteiger partial charge in [-0.25, -0.2) is 0 Å². The second-order valence-corrected chi connectivity index (χ2v) is 9.66. The largest absolute Gasteiger partial charge is 0.482 e. The molecule has 1 saturated carbocycles. The van der Waals surface area contributed by atoms with Gasteiger partial charge in [-0.2, -0.15) is 0 Å². The average Bonchev–Trinajstić information content (AvgIpc) is 3.27. The molecule has 1 fully saturated rings. The van der Waals surface area contributed by atoms with Crippen molar-refractivity contribution in [1.29, 1.82) is 0 Å². The normalized spacial score (nSPS) is 14.7. The third kappa shape index (κ3) is 6.92. The lowest BCUT2D eigenvalue weighted by Gasteiger charge is -2.32. The Morgan fingerprint density at radius 1 is 1.06 bits per heavy atom. The van der Waals surface area contributed by atoms with Gasteiger partial charge in [-0.15, -0.1) is 0 Å². The molecule has 0 bridgehead atoms. The number of nitrogens with one attached hydrogen (secondary N) is 1. The molecule has 0 aliphatic heterocycles. The highest BCUT2D eigenvalue weighted by atomic mass is 35.5. The van der Waals surface area contributed by atoms with Gasteiger partial charge >= 0.3 is 0 Å². The molecule has 0 saturated heterocycles. The van der Waals surface area contributed by atoms with Gasteiger partial charge in [0.25, 0.3) is 5.91 Å². The fourth-order valence-corrected chi connectivity index (χ4v) is 4.94. The van der Waals surface area contributed by atoms with Crippen LogP contribution in [0.5, 0.6) is 5.75 Å². The van der Waals surface area contributed by atoms with Crippen molar-refractivity contribution >= 4 is 58.2 Å². The van der Waals surface area contributed by atoms with Crippen molar-refractivity contribution in [2.75, 3.05) is 6.61 Å². The fraction of sp³-hybridized carbons (Fsp3) is 0.417. The summed E-state index contributed by atoms with van der Waals surface area (Å²) in [7, 11) is 0. The lowest BCUT2D eigenvalue weighted by Crippen LogP contribution is -2.52. The zero-order chi connectivity index (χ0) is 24.0. The van der Waals surface area contributed by atoms with Crippen molar-refractivity contribution in [2.24, 2.45) is 0 Å². The number of hydrogen-bond donors (Lipinski definition) is 1. The van der Waals surface area contributed by atoms with Crippen molar-refractivity contribution in [3.8, 4) is 5.75 Å². The van der Waals surface area contributed by atoms with E-state index in [1.54, 1.807) is 30.3 Å². The van der Waals surface area contributed by atoms with Gasteiger partial charge in [-0.3, -0.25) is 9.59 Å². The van der Waals surface area contributed by atoms with Crippen molar-refractivity contribution in [3.05, 3.63) is 62.1 Å². The quantitative estimate of drug-likeness (QED) is 0.399. The van der Waals surface area contributed by atoms with E-state index >= 15 is 0 Å².